The Morgan fingerprint density at radius 3 is 1.91 bits per heavy atom. The summed E-state index contributed by atoms with van der Waals surface area (Å²) in [6.45, 7) is 0. The molecule has 0 aliphatic heterocycles. The number of nitrogens with zero attached hydrogens (tertiary/aromatic N) is 3. The maximum atomic E-state index is 13.8. The molecule has 0 fully saturated rings. The van der Waals surface area contributed by atoms with Gasteiger partial charge in [0.1, 0.15) is 5.69 Å². The molecule has 0 spiro atoms. The van der Waals surface area contributed by atoms with Crippen LogP contribution >= 0.6 is 0 Å². The molecule has 0 radical (unpaired) electrons. The molecule has 0 saturated heterocycles. The highest BCUT2D eigenvalue weighted by molar-refractivity contribution is 6.11. The molecule has 0 atom stereocenters. The van der Waals surface area contributed by atoms with Crippen molar-refractivity contribution < 1.29 is 0 Å². The highest BCUT2D eigenvalue weighted by atomic mass is 16.1. The van der Waals surface area contributed by atoms with Gasteiger partial charge in [-0.3, -0.25) is 9.20 Å². The molecule has 7 aromatic rings. The summed E-state index contributed by atoms with van der Waals surface area (Å²) in [6, 6.07) is 38.2. The molecule has 0 unspecified atom stereocenters. The summed E-state index contributed by atoms with van der Waals surface area (Å²) in [6.07, 6.45) is 0. The lowest BCUT2D eigenvalue weighted by Gasteiger charge is -2.10. The monoisotopic (exact) mass is 449 g/mol. The number of hydrogen-bond donors (Lipinski definition) is 0. The zero-order chi connectivity index (χ0) is 23.4. The smallest absolute Gasteiger partial charge is 0.264 e. The van der Waals surface area contributed by atoms with E-state index >= 15 is 0 Å². The number of rotatable bonds is 3. The van der Waals surface area contributed by atoms with E-state index in [1.807, 2.05) is 91.0 Å². The van der Waals surface area contributed by atoms with Crippen molar-refractivity contribution in [2.45, 2.75) is 0 Å². The summed E-state index contributed by atoms with van der Waals surface area (Å²) >= 11 is 0. The van der Waals surface area contributed by atoms with Crippen LogP contribution in [-0.4, -0.2) is 14.4 Å². The molecule has 7 rings (SSSR count). The van der Waals surface area contributed by atoms with Gasteiger partial charge < -0.3 is 0 Å². The number of hydrogen-bond acceptors (Lipinski definition) is 3. The van der Waals surface area contributed by atoms with Gasteiger partial charge >= 0.3 is 0 Å². The second-order valence-corrected chi connectivity index (χ2v) is 8.65. The predicted octanol–water partition coefficient (Wildman–Crippen LogP) is 6.83. The third-order valence-corrected chi connectivity index (χ3v) is 6.56. The van der Waals surface area contributed by atoms with Crippen molar-refractivity contribution in [3.63, 3.8) is 0 Å². The first kappa shape index (κ1) is 19.6. The lowest BCUT2D eigenvalue weighted by atomic mass is 10.0. The first-order chi connectivity index (χ1) is 17.3. The average Bonchev–Trinajstić information content (AvgIpc) is 3.33. The molecule has 3 aromatic heterocycles. The lowest BCUT2D eigenvalue weighted by molar-refractivity contribution is 1.10. The van der Waals surface area contributed by atoms with Gasteiger partial charge in [-0.25, -0.2) is 9.97 Å². The van der Waals surface area contributed by atoms with Crippen LogP contribution < -0.4 is 5.56 Å². The maximum absolute atomic E-state index is 13.8. The molecule has 0 bridgehead atoms. The van der Waals surface area contributed by atoms with E-state index < -0.39 is 0 Å². The van der Waals surface area contributed by atoms with E-state index in [-0.39, 0.29) is 5.56 Å². The van der Waals surface area contributed by atoms with Crippen LogP contribution in [0.25, 0.3) is 61.1 Å². The van der Waals surface area contributed by atoms with Crippen LogP contribution in [0.4, 0.5) is 0 Å². The van der Waals surface area contributed by atoms with Crippen molar-refractivity contribution in [3.05, 3.63) is 126 Å². The Balaban J connectivity index is 1.59. The maximum Gasteiger partial charge on any atom is 0.264 e. The van der Waals surface area contributed by atoms with Gasteiger partial charge in [0, 0.05) is 16.3 Å². The number of benzene rings is 4. The fourth-order valence-corrected chi connectivity index (χ4v) is 4.94. The van der Waals surface area contributed by atoms with Crippen LogP contribution in [0.1, 0.15) is 0 Å². The van der Waals surface area contributed by atoms with Crippen molar-refractivity contribution in [1.29, 1.82) is 0 Å². The second-order valence-electron chi connectivity index (χ2n) is 8.65. The van der Waals surface area contributed by atoms with E-state index in [0.717, 1.165) is 44.2 Å². The fourth-order valence-electron chi connectivity index (χ4n) is 4.94. The van der Waals surface area contributed by atoms with Crippen LogP contribution in [-0.2, 0) is 0 Å². The number of pyridine rings is 2. The molecule has 0 saturated carbocycles. The Hall–Kier alpha value is -4.83. The Labute approximate surface area is 201 Å². The molecular weight excluding hydrogens is 430 g/mol. The first-order valence-corrected chi connectivity index (χ1v) is 11.6. The highest BCUT2D eigenvalue weighted by Crippen LogP contribution is 2.33. The van der Waals surface area contributed by atoms with Gasteiger partial charge in [-0.1, -0.05) is 91.0 Å². The van der Waals surface area contributed by atoms with Gasteiger partial charge in [0.25, 0.3) is 5.56 Å². The zero-order valence-corrected chi connectivity index (χ0v) is 18.7. The molecule has 3 heterocycles. The van der Waals surface area contributed by atoms with Crippen LogP contribution in [0, 0.1) is 0 Å². The minimum absolute atomic E-state index is 0.0787. The summed E-state index contributed by atoms with van der Waals surface area (Å²) in [5.74, 6) is 0.557. The standard InChI is InChI=1S/C31H19N3O/c35-31-25-15-8-7-14-23(25)24-16-9-17-26-29(24)34(31)30(33-26)28-19-22(20-10-3-1-4-11-20)18-27(32-28)21-12-5-2-6-13-21/h1-19H. The second kappa shape index (κ2) is 7.61. The molecule has 4 nitrogen and oxygen atoms in total. The molecule has 35 heavy (non-hydrogen) atoms. The lowest BCUT2D eigenvalue weighted by Crippen LogP contribution is -2.14. The topological polar surface area (TPSA) is 47.3 Å². The largest absolute Gasteiger partial charge is 0.268 e. The number of fused-ring (bicyclic) bond motifs is 2. The van der Waals surface area contributed by atoms with Gasteiger partial charge in [-0.05, 0) is 40.8 Å². The van der Waals surface area contributed by atoms with Crippen LogP contribution in [0.3, 0.4) is 0 Å². The SMILES string of the molecule is O=c1c2ccccc2c2cccc3nc(-c4cc(-c5ccccc5)cc(-c5ccccc5)n4)n1c32. The van der Waals surface area contributed by atoms with Crippen LogP contribution in [0.5, 0.6) is 0 Å². The quantitative estimate of drug-likeness (QED) is 0.278. The minimum atomic E-state index is -0.0787. The number of aromatic nitrogens is 3. The number of para-hydroxylation sites is 1. The van der Waals surface area contributed by atoms with Crippen molar-refractivity contribution in [2.75, 3.05) is 0 Å². The summed E-state index contributed by atoms with van der Waals surface area (Å²) < 4.78 is 1.74. The molecule has 164 valence electrons. The van der Waals surface area contributed by atoms with Gasteiger partial charge in [0.15, 0.2) is 5.82 Å². The molecule has 0 amide bonds. The van der Waals surface area contributed by atoms with E-state index in [2.05, 4.69) is 24.3 Å². The minimum Gasteiger partial charge on any atom is -0.268 e. The molecule has 4 aromatic carbocycles. The van der Waals surface area contributed by atoms with E-state index in [0.29, 0.717) is 16.9 Å². The van der Waals surface area contributed by atoms with Crippen molar-refractivity contribution in [1.82, 2.24) is 14.4 Å². The van der Waals surface area contributed by atoms with Crippen LogP contribution in [0.15, 0.2) is 120 Å². The Kier molecular flexibility index (Phi) is 4.26. The van der Waals surface area contributed by atoms with Crippen molar-refractivity contribution in [3.8, 4) is 33.9 Å². The Bertz CT molecular complexity index is 1850. The molecule has 4 heteroatoms. The summed E-state index contributed by atoms with van der Waals surface area (Å²) in [5, 5.41) is 2.63. The van der Waals surface area contributed by atoms with Crippen LogP contribution in [0.2, 0.25) is 0 Å². The molecule has 0 N–H and O–H groups in total. The zero-order valence-electron chi connectivity index (χ0n) is 18.7. The highest BCUT2D eigenvalue weighted by Gasteiger charge is 2.20. The molecule has 0 aliphatic rings. The fraction of sp³-hybridized carbons (Fsp3) is 0. The summed E-state index contributed by atoms with van der Waals surface area (Å²) in [4.78, 5) is 23.7. The van der Waals surface area contributed by atoms with E-state index in [9.17, 15) is 4.79 Å². The molecular formula is C31H19N3O. The average molecular weight is 450 g/mol. The van der Waals surface area contributed by atoms with Gasteiger partial charge in [-0.2, -0.15) is 0 Å². The molecule has 0 aliphatic carbocycles. The normalized spacial score (nSPS) is 11.5. The van der Waals surface area contributed by atoms with Gasteiger partial charge in [0.2, 0.25) is 0 Å². The van der Waals surface area contributed by atoms with Crippen molar-refractivity contribution >= 4 is 27.2 Å². The Morgan fingerprint density at radius 2 is 1.14 bits per heavy atom. The summed E-state index contributed by atoms with van der Waals surface area (Å²) in [5.41, 5.74) is 6.17. The first-order valence-electron chi connectivity index (χ1n) is 11.6. The van der Waals surface area contributed by atoms with E-state index in [1.165, 1.54) is 0 Å². The van der Waals surface area contributed by atoms with Gasteiger partial charge in [0.05, 0.1) is 16.7 Å². The number of imidazole rings is 1. The van der Waals surface area contributed by atoms with E-state index in [1.54, 1.807) is 4.40 Å². The third kappa shape index (κ3) is 3.04. The summed E-state index contributed by atoms with van der Waals surface area (Å²) in [7, 11) is 0. The Morgan fingerprint density at radius 1 is 0.514 bits per heavy atom. The van der Waals surface area contributed by atoms with Crippen molar-refractivity contribution in [2.24, 2.45) is 0 Å². The van der Waals surface area contributed by atoms with Gasteiger partial charge in [-0.15, -0.1) is 0 Å². The predicted molar refractivity (Wildman–Crippen MR) is 142 cm³/mol. The third-order valence-electron chi connectivity index (χ3n) is 6.56. The van der Waals surface area contributed by atoms with E-state index in [4.69, 9.17) is 9.97 Å².